The number of carbonyl (C=O) groups is 2. The predicted molar refractivity (Wildman–Crippen MR) is 71.1 cm³/mol. The van der Waals surface area contributed by atoms with Crippen molar-refractivity contribution in [3.63, 3.8) is 0 Å². The minimum Gasteiger partial charge on any atom is -0.480 e. The molecule has 0 saturated heterocycles. The van der Waals surface area contributed by atoms with E-state index in [4.69, 9.17) is 5.11 Å². The lowest BCUT2D eigenvalue weighted by Crippen LogP contribution is -2.53. The van der Waals surface area contributed by atoms with E-state index in [2.05, 4.69) is 22.8 Å². The quantitative estimate of drug-likeness (QED) is 0.769. The average molecular weight is 262 g/mol. The normalized spacial score (nSPS) is 17.1. The number of hydrogen-bond donors (Lipinski definition) is 3. The highest BCUT2D eigenvalue weighted by atomic mass is 16.4. The van der Waals surface area contributed by atoms with Crippen LogP contribution >= 0.6 is 0 Å². The molecule has 5 nitrogen and oxygen atoms in total. The van der Waals surface area contributed by atoms with Gasteiger partial charge >= 0.3 is 12.0 Å². The van der Waals surface area contributed by atoms with Crippen molar-refractivity contribution in [1.29, 1.82) is 0 Å². The van der Waals surface area contributed by atoms with Crippen LogP contribution in [-0.2, 0) is 11.2 Å². The van der Waals surface area contributed by atoms with Crippen molar-refractivity contribution in [2.24, 2.45) is 0 Å². The first-order chi connectivity index (χ1) is 8.90. The Bertz CT molecular complexity index is 511. The van der Waals surface area contributed by atoms with Gasteiger partial charge in [-0.3, -0.25) is 0 Å². The summed E-state index contributed by atoms with van der Waals surface area (Å²) < 4.78 is 0. The van der Waals surface area contributed by atoms with Crippen LogP contribution in [-0.4, -0.2) is 29.2 Å². The molecular formula is C14H18N2O3. The van der Waals surface area contributed by atoms with Crippen LogP contribution in [0, 0.1) is 0 Å². The Balaban J connectivity index is 1.82. The smallest absolute Gasteiger partial charge is 0.328 e. The third-order valence-corrected chi connectivity index (χ3v) is 3.43. The zero-order chi connectivity index (χ0) is 14.0. The van der Waals surface area contributed by atoms with Crippen molar-refractivity contribution >= 4 is 12.0 Å². The number of carboxylic acid groups (broad SMARTS) is 1. The highest BCUT2D eigenvalue weighted by Crippen LogP contribution is 2.33. The van der Waals surface area contributed by atoms with Crippen molar-refractivity contribution in [1.82, 2.24) is 10.6 Å². The first kappa shape index (κ1) is 13.4. The molecule has 0 radical (unpaired) electrons. The van der Waals surface area contributed by atoms with Gasteiger partial charge < -0.3 is 15.7 Å². The summed E-state index contributed by atoms with van der Waals surface area (Å²) in [4.78, 5) is 22.5. The summed E-state index contributed by atoms with van der Waals surface area (Å²) >= 11 is 0. The summed E-state index contributed by atoms with van der Waals surface area (Å²) in [5, 5.41) is 14.1. The fourth-order valence-corrected chi connectivity index (χ4v) is 2.14. The molecule has 0 aliphatic heterocycles. The Labute approximate surface area is 112 Å². The molecule has 1 aliphatic carbocycles. The summed E-state index contributed by atoms with van der Waals surface area (Å²) in [6.07, 6.45) is 0.957. The van der Waals surface area contributed by atoms with Crippen molar-refractivity contribution in [2.75, 3.05) is 6.54 Å². The number of carboxylic acids is 1. The van der Waals surface area contributed by atoms with Crippen molar-refractivity contribution < 1.29 is 14.7 Å². The van der Waals surface area contributed by atoms with Crippen LogP contribution in [0.4, 0.5) is 4.79 Å². The molecule has 0 bridgehead atoms. The van der Waals surface area contributed by atoms with Gasteiger partial charge in [-0.05, 0) is 31.4 Å². The molecule has 0 spiro atoms. The van der Waals surface area contributed by atoms with Gasteiger partial charge in [-0.25, -0.2) is 9.59 Å². The molecule has 2 amide bonds. The van der Waals surface area contributed by atoms with E-state index in [1.165, 1.54) is 25.0 Å². The molecular weight excluding hydrogens is 244 g/mol. The second kappa shape index (κ2) is 4.91. The Kier molecular flexibility index (Phi) is 3.46. The van der Waals surface area contributed by atoms with Crippen LogP contribution in [0.1, 0.15) is 30.9 Å². The lowest BCUT2D eigenvalue weighted by Gasteiger charge is -2.30. The van der Waals surface area contributed by atoms with Gasteiger partial charge in [0.25, 0.3) is 0 Å². The standard InChI is InChI=1S/C14H18N2O3/c1-14(2,12(17)18)16-13(19)15-8-10-7-9-5-3-4-6-11(9)10/h3-6,10H,7-8H2,1-2H3,(H,17,18)(H2,15,16,19). The maximum absolute atomic E-state index is 11.6. The molecule has 1 unspecified atom stereocenters. The molecule has 1 aliphatic rings. The average Bonchev–Trinajstić information content (AvgIpc) is 2.29. The lowest BCUT2D eigenvalue weighted by atomic mass is 9.78. The molecule has 1 aromatic rings. The third kappa shape index (κ3) is 2.86. The molecule has 3 N–H and O–H groups in total. The predicted octanol–water partition coefficient (Wildman–Crippen LogP) is 1.49. The Hall–Kier alpha value is -2.04. The van der Waals surface area contributed by atoms with Gasteiger partial charge in [0, 0.05) is 12.5 Å². The van der Waals surface area contributed by atoms with E-state index in [0.29, 0.717) is 12.5 Å². The first-order valence-corrected chi connectivity index (χ1v) is 6.27. The molecule has 2 rings (SSSR count). The van der Waals surface area contributed by atoms with E-state index >= 15 is 0 Å². The molecule has 5 heteroatoms. The molecule has 0 heterocycles. The Morgan fingerprint density at radius 3 is 2.68 bits per heavy atom. The largest absolute Gasteiger partial charge is 0.480 e. The summed E-state index contributed by atoms with van der Waals surface area (Å²) in [6, 6.07) is 7.68. The van der Waals surface area contributed by atoms with Crippen LogP contribution < -0.4 is 10.6 Å². The lowest BCUT2D eigenvalue weighted by molar-refractivity contribution is -0.142. The number of benzene rings is 1. The summed E-state index contributed by atoms with van der Waals surface area (Å²) in [5.41, 5.74) is 1.32. The summed E-state index contributed by atoms with van der Waals surface area (Å²) in [5.74, 6) is -0.730. The summed E-state index contributed by atoms with van der Waals surface area (Å²) in [7, 11) is 0. The van der Waals surface area contributed by atoms with Gasteiger partial charge in [-0.2, -0.15) is 0 Å². The molecule has 1 aromatic carbocycles. The second-order valence-corrected chi connectivity index (χ2v) is 5.37. The van der Waals surface area contributed by atoms with E-state index in [1.807, 2.05) is 12.1 Å². The van der Waals surface area contributed by atoms with E-state index in [-0.39, 0.29) is 0 Å². The minimum absolute atomic E-state index is 0.329. The number of urea groups is 1. The molecule has 1 atom stereocenters. The number of nitrogens with one attached hydrogen (secondary N) is 2. The summed E-state index contributed by atoms with van der Waals surface area (Å²) in [6.45, 7) is 3.43. The van der Waals surface area contributed by atoms with Gasteiger partial charge in [0.15, 0.2) is 0 Å². The fraction of sp³-hybridized carbons (Fsp3) is 0.429. The van der Waals surface area contributed by atoms with Crippen LogP contribution in [0.15, 0.2) is 24.3 Å². The topological polar surface area (TPSA) is 78.4 Å². The maximum atomic E-state index is 11.6. The maximum Gasteiger partial charge on any atom is 0.328 e. The van der Waals surface area contributed by atoms with Gasteiger partial charge in [-0.1, -0.05) is 24.3 Å². The van der Waals surface area contributed by atoms with E-state index in [9.17, 15) is 9.59 Å². The highest BCUT2D eigenvalue weighted by molar-refractivity contribution is 5.85. The minimum atomic E-state index is -1.26. The number of carbonyl (C=O) groups excluding carboxylic acids is 1. The molecule has 19 heavy (non-hydrogen) atoms. The third-order valence-electron chi connectivity index (χ3n) is 3.43. The van der Waals surface area contributed by atoms with Gasteiger partial charge in [0.05, 0.1) is 0 Å². The second-order valence-electron chi connectivity index (χ2n) is 5.37. The molecule has 0 aromatic heterocycles. The fourth-order valence-electron chi connectivity index (χ4n) is 2.14. The van der Waals surface area contributed by atoms with Crippen LogP contribution in [0.5, 0.6) is 0 Å². The molecule has 102 valence electrons. The van der Waals surface area contributed by atoms with Crippen LogP contribution in [0.25, 0.3) is 0 Å². The number of rotatable bonds is 4. The monoisotopic (exact) mass is 262 g/mol. The number of fused-ring (bicyclic) bond motifs is 1. The molecule has 0 saturated carbocycles. The number of amides is 2. The SMILES string of the molecule is CC(C)(NC(=O)NCC1Cc2ccccc21)C(=O)O. The van der Waals surface area contributed by atoms with E-state index in [1.54, 1.807) is 0 Å². The van der Waals surface area contributed by atoms with Gasteiger partial charge in [0.1, 0.15) is 5.54 Å². The van der Waals surface area contributed by atoms with Crippen molar-refractivity contribution in [3.05, 3.63) is 35.4 Å². The van der Waals surface area contributed by atoms with Gasteiger partial charge in [-0.15, -0.1) is 0 Å². The van der Waals surface area contributed by atoms with Crippen LogP contribution in [0.3, 0.4) is 0 Å². The zero-order valence-electron chi connectivity index (χ0n) is 11.1. The van der Waals surface area contributed by atoms with E-state index < -0.39 is 17.5 Å². The van der Waals surface area contributed by atoms with Crippen molar-refractivity contribution in [2.45, 2.75) is 31.7 Å². The number of hydrogen-bond acceptors (Lipinski definition) is 2. The first-order valence-electron chi connectivity index (χ1n) is 6.27. The Morgan fingerprint density at radius 2 is 2.05 bits per heavy atom. The zero-order valence-corrected chi connectivity index (χ0v) is 11.1. The van der Waals surface area contributed by atoms with Crippen molar-refractivity contribution in [3.8, 4) is 0 Å². The van der Waals surface area contributed by atoms with Gasteiger partial charge in [0.2, 0.25) is 0 Å². The number of aliphatic carboxylic acids is 1. The Morgan fingerprint density at radius 1 is 1.37 bits per heavy atom. The van der Waals surface area contributed by atoms with Crippen LogP contribution in [0.2, 0.25) is 0 Å². The highest BCUT2D eigenvalue weighted by Gasteiger charge is 2.30. The van der Waals surface area contributed by atoms with E-state index in [0.717, 1.165) is 6.42 Å². The molecule has 0 fully saturated rings.